The summed E-state index contributed by atoms with van der Waals surface area (Å²) < 4.78 is 2.03. The molecule has 1 N–H and O–H groups in total. The van der Waals surface area contributed by atoms with Crippen LogP contribution in [0.25, 0.3) is 0 Å². The molecule has 3 heterocycles. The Hall–Kier alpha value is -2.93. The first-order chi connectivity index (χ1) is 14.7. The molecule has 0 bridgehead atoms. The predicted molar refractivity (Wildman–Crippen MR) is 115 cm³/mol. The summed E-state index contributed by atoms with van der Waals surface area (Å²) in [6, 6.07) is 10.4. The lowest BCUT2D eigenvalue weighted by atomic mass is 10.0. The van der Waals surface area contributed by atoms with E-state index in [0.717, 1.165) is 50.2 Å². The fourth-order valence-electron chi connectivity index (χ4n) is 4.28. The Morgan fingerprint density at radius 3 is 2.80 bits per heavy atom. The van der Waals surface area contributed by atoms with E-state index in [1.807, 2.05) is 16.8 Å². The van der Waals surface area contributed by atoms with Crippen molar-refractivity contribution in [1.29, 1.82) is 0 Å². The van der Waals surface area contributed by atoms with E-state index < -0.39 is 0 Å². The second-order valence-electron chi connectivity index (χ2n) is 7.94. The van der Waals surface area contributed by atoms with Crippen LogP contribution < -0.4 is 5.32 Å². The van der Waals surface area contributed by atoms with Crippen molar-refractivity contribution in [3.63, 3.8) is 0 Å². The topological polar surface area (TPSA) is 70.5 Å². The fraction of sp³-hybridized carbons (Fsp3) is 0.435. The number of fused-ring (bicyclic) bond motifs is 1. The number of rotatable bonds is 7. The summed E-state index contributed by atoms with van der Waals surface area (Å²) in [6.45, 7) is 8.17. The highest BCUT2D eigenvalue weighted by Gasteiger charge is 2.31. The van der Waals surface area contributed by atoms with E-state index in [9.17, 15) is 9.59 Å². The molecule has 7 nitrogen and oxygen atoms in total. The van der Waals surface area contributed by atoms with Crippen LogP contribution in [-0.2, 0) is 30.7 Å². The van der Waals surface area contributed by atoms with Gasteiger partial charge >= 0.3 is 0 Å². The summed E-state index contributed by atoms with van der Waals surface area (Å²) in [4.78, 5) is 28.9. The molecule has 7 heteroatoms. The van der Waals surface area contributed by atoms with Crippen LogP contribution in [-0.4, -0.2) is 64.1 Å². The molecule has 2 aliphatic heterocycles. The summed E-state index contributed by atoms with van der Waals surface area (Å²) in [5.74, 6) is -0.248. The Morgan fingerprint density at radius 1 is 1.20 bits per heavy atom. The molecule has 30 heavy (non-hydrogen) atoms. The van der Waals surface area contributed by atoms with Crippen LogP contribution in [0.2, 0.25) is 0 Å². The van der Waals surface area contributed by atoms with Gasteiger partial charge in [0, 0.05) is 56.9 Å². The number of benzene rings is 1. The lowest BCUT2D eigenvalue weighted by molar-refractivity contribution is -0.123. The van der Waals surface area contributed by atoms with Gasteiger partial charge in [0.05, 0.1) is 6.54 Å². The highest BCUT2D eigenvalue weighted by Crippen LogP contribution is 2.24. The molecule has 0 spiro atoms. The quantitative estimate of drug-likeness (QED) is 0.709. The lowest BCUT2D eigenvalue weighted by Gasteiger charge is -2.28. The van der Waals surface area contributed by atoms with E-state index in [2.05, 4.69) is 41.1 Å². The molecule has 1 aromatic carbocycles. The van der Waals surface area contributed by atoms with Crippen LogP contribution in [0.1, 0.15) is 33.7 Å². The number of hydrogen-bond acceptors (Lipinski definition) is 4. The molecule has 4 rings (SSSR count). The van der Waals surface area contributed by atoms with E-state index >= 15 is 0 Å². The maximum atomic E-state index is 13.2. The van der Waals surface area contributed by atoms with Gasteiger partial charge in [-0.25, -0.2) is 0 Å². The maximum Gasteiger partial charge on any atom is 0.275 e. The van der Waals surface area contributed by atoms with Crippen LogP contribution in [0.15, 0.2) is 43.0 Å². The number of nitrogens with zero attached hydrogens (tertiary/aromatic N) is 4. The van der Waals surface area contributed by atoms with Gasteiger partial charge in [0.2, 0.25) is 5.91 Å². The zero-order chi connectivity index (χ0) is 20.9. The second kappa shape index (κ2) is 9.26. The molecular weight excluding hydrogens is 378 g/mol. The maximum absolute atomic E-state index is 13.2. The zero-order valence-electron chi connectivity index (χ0n) is 17.3. The second-order valence-corrected chi connectivity index (χ2v) is 7.94. The SMILES string of the molecule is C=CCN1CCc2c(c(C(=O)N3CCNC(=O)C3)nn2CCCc2ccccc2)C1. The van der Waals surface area contributed by atoms with Crippen molar-refractivity contribution in [3.8, 4) is 0 Å². The number of piperazine rings is 1. The molecule has 2 aromatic rings. The van der Waals surface area contributed by atoms with Crippen molar-refractivity contribution in [2.24, 2.45) is 0 Å². The molecule has 2 amide bonds. The molecular formula is C23H29N5O2. The first-order valence-electron chi connectivity index (χ1n) is 10.7. The van der Waals surface area contributed by atoms with E-state index in [0.29, 0.717) is 25.3 Å². The Balaban J connectivity index is 1.55. The van der Waals surface area contributed by atoms with Gasteiger partial charge < -0.3 is 10.2 Å². The molecule has 0 unspecified atom stereocenters. The number of hydrogen-bond donors (Lipinski definition) is 1. The Kier molecular flexibility index (Phi) is 6.28. The van der Waals surface area contributed by atoms with Gasteiger partial charge in [-0.15, -0.1) is 6.58 Å². The van der Waals surface area contributed by atoms with Crippen molar-refractivity contribution in [3.05, 3.63) is 65.5 Å². The number of nitrogens with one attached hydrogen (secondary N) is 1. The summed E-state index contributed by atoms with van der Waals surface area (Å²) in [5.41, 5.74) is 3.99. The summed E-state index contributed by atoms with van der Waals surface area (Å²) in [6.07, 6.45) is 4.71. The molecule has 0 saturated carbocycles. The van der Waals surface area contributed by atoms with E-state index in [-0.39, 0.29) is 18.4 Å². The average molecular weight is 408 g/mol. The third-order valence-electron chi connectivity index (χ3n) is 5.81. The Bertz CT molecular complexity index is 921. The highest BCUT2D eigenvalue weighted by molar-refractivity contribution is 5.97. The number of aryl methyl sites for hydroxylation is 2. The first-order valence-corrected chi connectivity index (χ1v) is 10.7. The third-order valence-corrected chi connectivity index (χ3v) is 5.81. The van der Waals surface area contributed by atoms with Crippen molar-refractivity contribution < 1.29 is 9.59 Å². The van der Waals surface area contributed by atoms with Crippen LogP contribution in [0.3, 0.4) is 0 Å². The molecule has 1 saturated heterocycles. The molecule has 2 aliphatic rings. The van der Waals surface area contributed by atoms with Crippen molar-refractivity contribution in [2.45, 2.75) is 32.4 Å². The Labute approximate surface area is 177 Å². The molecule has 0 radical (unpaired) electrons. The average Bonchev–Trinajstić information content (AvgIpc) is 3.12. The summed E-state index contributed by atoms with van der Waals surface area (Å²) in [7, 11) is 0. The smallest absolute Gasteiger partial charge is 0.275 e. The molecule has 158 valence electrons. The van der Waals surface area contributed by atoms with E-state index in [1.54, 1.807) is 4.90 Å². The number of carbonyl (C=O) groups is 2. The van der Waals surface area contributed by atoms with Gasteiger partial charge in [-0.05, 0) is 18.4 Å². The van der Waals surface area contributed by atoms with E-state index in [4.69, 9.17) is 5.10 Å². The monoisotopic (exact) mass is 407 g/mol. The molecule has 0 aliphatic carbocycles. The van der Waals surface area contributed by atoms with E-state index in [1.165, 1.54) is 5.56 Å². The highest BCUT2D eigenvalue weighted by atomic mass is 16.2. The minimum absolute atomic E-state index is 0.102. The summed E-state index contributed by atoms with van der Waals surface area (Å²) in [5, 5.41) is 7.53. The lowest BCUT2D eigenvalue weighted by Crippen LogP contribution is -2.50. The standard InChI is InChI=1S/C23H29N5O2/c1-2-12-26-14-10-20-19(16-26)22(23(30)27-15-11-24-21(29)17-27)25-28(20)13-6-9-18-7-4-3-5-8-18/h2-5,7-8H,1,6,9-17H2,(H,24,29). The zero-order valence-corrected chi connectivity index (χ0v) is 17.3. The molecule has 1 fully saturated rings. The fourth-order valence-corrected chi connectivity index (χ4v) is 4.28. The van der Waals surface area contributed by atoms with Gasteiger partial charge in [-0.2, -0.15) is 5.10 Å². The minimum Gasteiger partial charge on any atom is -0.353 e. The van der Waals surface area contributed by atoms with Crippen LogP contribution >= 0.6 is 0 Å². The van der Waals surface area contributed by atoms with Gasteiger partial charge in [0.1, 0.15) is 0 Å². The van der Waals surface area contributed by atoms with Crippen LogP contribution in [0.5, 0.6) is 0 Å². The number of amides is 2. The largest absolute Gasteiger partial charge is 0.353 e. The van der Waals surface area contributed by atoms with Gasteiger partial charge in [-0.3, -0.25) is 19.2 Å². The first kappa shape index (κ1) is 20.3. The number of aromatic nitrogens is 2. The summed E-state index contributed by atoms with van der Waals surface area (Å²) >= 11 is 0. The third kappa shape index (κ3) is 4.46. The predicted octanol–water partition coefficient (Wildman–Crippen LogP) is 1.63. The normalized spacial score (nSPS) is 16.8. The minimum atomic E-state index is -0.136. The van der Waals surface area contributed by atoms with Crippen molar-refractivity contribution in [2.75, 3.05) is 32.7 Å². The Morgan fingerprint density at radius 2 is 2.03 bits per heavy atom. The van der Waals surface area contributed by atoms with Crippen molar-refractivity contribution >= 4 is 11.8 Å². The molecule has 1 aromatic heterocycles. The van der Waals surface area contributed by atoms with Gasteiger partial charge in [-0.1, -0.05) is 36.4 Å². The molecule has 0 atom stereocenters. The van der Waals surface area contributed by atoms with Gasteiger partial charge in [0.25, 0.3) is 5.91 Å². The van der Waals surface area contributed by atoms with Crippen molar-refractivity contribution in [1.82, 2.24) is 24.9 Å². The van der Waals surface area contributed by atoms with Crippen LogP contribution in [0, 0.1) is 0 Å². The van der Waals surface area contributed by atoms with Crippen LogP contribution in [0.4, 0.5) is 0 Å². The van der Waals surface area contributed by atoms with Gasteiger partial charge in [0.15, 0.2) is 5.69 Å². The number of carbonyl (C=O) groups excluding carboxylic acids is 2.